The number of aryl methyl sites for hydroxylation is 1. The first-order valence-electron chi connectivity index (χ1n) is 6.69. The first-order valence-corrected chi connectivity index (χ1v) is 7.68. The molecule has 2 rings (SSSR count). The molecule has 116 valence electrons. The smallest absolute Gasteiger partial charge is 0.234 e. The van der Waals surface area contributed by atoms with Gasteiger partial charge in [0, 0.05) is 12.3 Å². The number of anilines is 1. The zero-order valence-electron chi connectivity index (χ0n) is 12.8. The zero-order valence-corrected chi connectivity index (χ0v) is 13.6. The van der Waals surface area contributed by atoms with Crippen molar-refractivity contribution in [3.05, 3.63) is 42.1 Å². The van der Waals surface area contributed by atoms with E-state index < -0.39 is 0 Å². The average molecular weight is 318 g/mol. The number of carbonyl (C=O) groups excluding carboxylic acids is 1. The first-order chi connectivity index (χ1) is 10.6. The van der Waals surface area contributed by atoms with Crippen molar-refractivity contribution in [1.82, 2.24) is 4.98 Å². The number of hydrogen-bond donors (Lipinski definition) is 1. The molecular formula is C16H18N2O3S. The summed E-state index contributed by atoms with van der Waals surface area (Å²) in [6.07, 6.45) is 1.78. The summed E-state index contributed by atoms with van der Waals surface area (Å²) in [7, 11) is 3.13. The number of pyridine rings is 1. The summed E-state index contributed by atoms with van der Waals surface area (Å²) < 4.78 is 10.4. The maximum atomic E-state index is 12.0. The Morgan fingerprint density at radius 2 is 2.05 bits per heavy atom. The second kappa shape index (κ2) is 7.70. The summed E-state index contributed by atoms with van der Waals surface area (Å²) in [6, 6.07) is 9.13. The Bertz CT molecular complexity index is 644. The van der Waals surface area contributed by atoms with E-state index in [1.54, 1.807) is 38.6 Å². The molecule has 0 bridgehead atoms. The minimum Gasteiger partial charge on any atom is -0.497 e. The fraction of sp³-hybridized carbons (Fsp3) is 0.250. The predicted octanol–water partition coefficient (Wildman–Crippen LogP) is 3.14. The first kappa shape index (κ1) is 16.2. The highest BCUT2D eigenvalue weighted by Gasteiger charge is 2.09. The molecule has 0 fully saturated rings. The van der Waals surface area contributed by atoms with Crippen LogP contribution in [0.15, 0.2) is 41.6 Å². The molecule has 0 aliphatic rings. The van der Waals surface area contributed by atoms with E-state index in [2.05, 4.69) is 10.3 Å². The molecule has 0 atom stereocenters. The van der Waals surface area contributed by atoms with Gasteiger partial charge in [-0.25, -0.2) is 4.98 Å². The van der Waals surface area contributed by atoms with Crippen molar-refractivity contribution in [3.8, 4) is 11.5 Å². The number of thioether (sulfide) groups is 1. The van der Waals surface area contributed by atoms with E-state index in [-0.39, 0.29) is 11.7 Å². The van der Waals surface area contributed by atoms with Crippen LogP contribution in [-0.4, -0.2) is 30.9 Å². The fourth-order valence-corrected chi connectivity index (χ4v) is 2.41. The van der Waals surface area contributed by atoms with Crippen molar-refractivity contribution in [2.45, 2.75) is 11.9 Å². The average Bonchev–Trinajstić information content (AvgIpc) is 2.54. The molecule has 1 N–H and O–H groups in total. The SMILES string of the molecule is COc1ccc(NC(=O)CSc2ccc(C)cn2)c(OC)c1. The van der Waals surface area contributed by atoms with E-state index in [0.29, 0.717) is 17.2 Å². The van der Waals surface area contributed by atoms with Crippen LogP contribution in [0.2, 0.25) is 0 Å². The molecule has 0 aliphatic heterocycles. The van der Waals surface area contributed by atoms with E-state index in [4.69, 9.17) is 9.47 Å². The highest BCUT2D eigenvalue weighted by molar-refractivity contribution is 7.99. The van der Waals surface area contributed by atoms with Gasteiger partial charge in [-0.3, -0.25) is 4.79 Å². The number of ether oxygens (including phenoxy) is 2. The van der Waals surface area contributed by atoms with Gasteiger partial charge in [-0.05, 0) is 30.7 Å². The molecule has 0 unspecified atom stereocenters. The van der Waals surface area contributed by atoms with Gasteiger partial charge in [-0.1, -0.05) is 17.8 Å². The number of benzene rings is 1. The van der Waals surface area contributed by atoms with Gasteiger partial charge in [0.15, 0.2) is 0 Å². The summed E-state index contributed by atoms with van der Waals surface area (Å²) >= 11 is 1.39. The highest BCUT2D eigenvalue weighted by Crippen LogP contribution is 2.29. The maximum Gasteiger partial charge on any atom is 0.234 e. The molecule has 22 heavy (non-hydrogen) atoms. The summed E-state index contributed by atoms with van der Waals surface area (Å²) in [5.41, 5.74) is 1.71. The van der Waals surface area contributed by atoms with E-state index in [0.717, 1.165) is 10.6 Å². The third-order valence-corrected chi connectivity index (χ3v) is 3.86. The lowest BCUT2D eigenvalue weighted by atomic mass is 10.2. The molecule has 0 saturated carbocycles. The summed E-state index contributed by atoms with van der Waals surface area (Å²) in [6.45, 7) is 1.98. The monoisotopic (exact) mass is 318 g/mol. The van der Waals surface area contributed by atoms with Crippen molar-refractivity contribution in [1.29, 1.82) is 0 Å². The van der Waals surface area contributed by atoms with E-state index >= 15 is 0 Å². The van der Waals surface area contributed by atoms with E-state index in [1.807, 2.05) is 19.1 Å². The van der Waals surface area contributed by atoms with E-state index in [1.165, 1.54) is 11.8 Å². The molecule has 1 aromatic heterocycles. The van der Waals surface area contributed by atoms with Gasteiger partial charge < -0.3 is 14.8 Å². The summed E-state index contributed by atoms with van der Waals surface area (Å²) in [4.78, 5) is 16.3. The van der Waals surface area contributed by atoms with Crippen molar-refractivity contribution >= 4 is 23.4 Å². The van der Waals surface area contributed by atoms with Crippen LogP contribution in [0.25, 0.3) is 0 Å². The number of hydrogen-bond acceptors (Lipinski definition) is 5. The van der Waals surface area contributed by atoms with Crippen LogP contribution in [0, 0.1) is 6.92 Å². The topological polar surface area (TPSA) is 60.5 Å². The van der Waals surface area contributed by atoms with Gasteiger partial charge in [0.05, 0.1) is 30.7 Å². The molecular weight excluding hydrogens is 300 g/mol. The molecule has 1 aromatic carbocycles. The number of methoxy groups -OCH3 is 2. The van der Waals surface area contributed by atoms with Crippen molar-refractivity contribution in [2.24, 2.45) is 0 Å². The molecule has 1 heterocycles. The maximum absolute atomic E-state index is 12.0. The second-order valence-electron chi connectivity index (χ2n) is 4.58. The predicted molar refractivity (Wildman–Crippen MR) is 87.9 cm³/mol. The quantitative estimate of drug-likeness (QED) is 0.829. The second-order valence-corrected chi connectivity index (χ2v) is 5.57. The van der Waals surface area contributed by atoms with Gasteiger partial charge in [0.2, 0.25) is 5.91 Å². The van der Waals surface area contributed by atoms with Crippen molar-refractivity contribution in [2.75, 3.05) is 25.3 Å². The summed E-state index contributed by atoms with van der Waals surface area (Å²) in [5, 5.41) is 3.65. The number of amides is 1. The molecule has 1 amide bonds. The normalized spacial score (nSPS) is 10.1. The van der Waals surface area contributed by atoms with Gasteiger partial charge in [-0.2, -0.15) is 0 Å². The van der Waals surface area contributed by atoms with Crippen LogP contribution < -0.4 is 14.8 Å². The van der Waals surface area contributed by atoms with E-state index in [9.17, 15) is 4.79 Å². The zero-order chi connectivity index (χ0) is 15.9. The number of nitrogens with one attached hydrogen (secondary N) is 1. The highest BCUT2D eigenvalue weighted by atomic mass is 32.2. The molecule has 0 radical (unpaired) electrons. The lowest BCUT2D eigenvalue weighted by molar-refractivity contribution is -0.113. The molecule has 0 spiro atoms. The number of nitrogens with zero attached hydrogens (tertiary/aromatic N) is 1. The van der Waals surface area contributed by atoms with Crippen LogP contribution in [-0.2, 0) is 4.79 Å². The van der Waals surface area contributed by atoms with Gasteiger partial charge in [0.25, 0.3) is 0 Å². The fourth-order valence-electron chi connectivity index (χ4n) is 1.77. The van der Waals surface area contributed by atoms with Crippen LogP contribution in [0.1, 0.15) is 5.56 Å². The standard InChI is InChI=1S/C16H18N2O3S/c1-11-4-7-16(17-9-11)22-10-15(19)18-13-6-5-12(20-2)8-14(13)21-3/h4-9H,10H2,1-3H3,(H,18,19). The Labute approximate surface area is 134 Å². The van der Waals surface area contributed by atoms with Crippen LogP contribution in [0.4, 0.5) is 5.69 Å². The molecule has 6 heteroatoms. The van der Waals surface area contributed by atoms with Gasteiger partial charge in [0.1, 0.15) is 11.5 Å². The van der Waals surface area contributed by atoms with Gasteiger partial charge in [-0.15, -0.1) is 0 Å². The molecule has 0 aliphatic carbocycles. The minimum absolute atomic E-state index is 0.115. The van der Waals surface area contributed by atoms with Crippen LogP contribution in [0.3, 0.4) is 0 Å². The minimum atomic E-state index is -0.115. The summed E-state index contributed by atoms with van der Waals surface area (Å²) in [5.74, 6) is 1.40. The Kier molecular flexibility index (Phi) is 5.66. The number of rotatable bonds is 6. The van der Waals surface area contributed by atoms with Crippen molar-refractivity contribution < 1.29 is 14.3 Å². The van der Waals surface area contributed by atoms with Gasteiger partial charge >= 0.3 is 0 Å². The molecule has 2 aromatic rings. The Morgan fingerprint density at radius 3 is 2.68 bits per heavy atom. The lowest BCUT2D eigenvalue weighted by Crippen LogP contribution is -2.14. The lowest BCUT2D eigenvalue weighted by Gasteiger charge is -2.11. The Balaban J connectivity index is 1.95. The molecule has 5 nitrogen and oxygen atoms in total. The third kappa shape index (κ3) is 4.39. The Hall–Kier alpha value is -2.21. The Morgan fingerprint density at radius 1 is 1.23 bits per heavy atom. The largest absolute Gasteiger partial charge is 0.497 e. The van der Waals surface area contributed by atoms with Crippen LogP contribution in [0.5, 0.6) is 11.5 Å². The number of aromatic nitrogens is 1. The molecule has 0 saturated heterocycles. The number of carbonyl (C=O) groups is 1. The van der Waals surface area contributed by atoms with Crippen LogP contribution >= 0.6 is 11.8 Å². The van der Waals surface area contributed by atoms with Crippen molar-refractivity contribution in [3.63, 3.8) is 0 Å². The third-order valence-electron chi connectivity index (χ3n) is 2.92.